The average Bonchev–Trinajstić information content (AvgIpc) is 3.28. The third kappa shape index (κ3) is 4.16. The summed E-state index contributed by atoms with van der Waals surface area (Å²) < 4.78 is 14.0. The summed E-state index contributed by atoms with van der Waals surface area (Å²) in [7, 11) is 0. The van der Waals surface area contributed by atoms with Gasteiger partial charge in [-0.15, -0.1) is 0 Å². The molecule has 2 aromatic heterocycles. The molecule has 1 amide bonds. The lowest BCUT2D eigenvalue weighted by Gasteiger charge is -2.36. The Bertz CT molecular complexity index is 1250. The SMILES string of the molecule is O=C(NCCCN1CCN(c2ccccc2F)CC1)c1cc2ccc3cccnc3c2[nH]1. The van der Waals surface area contributed by atoms with Gasteiger partial charge in [0.2, 0.25) is 0 Å². The minimum atomic E-state index is -0.163. The van der Waals surface area contributed by atoms with Crippen molar-refractivity contribution < 1.29 is 9.18 Å². The minimum Gasteiger partial charge on any atom is -0.367 e. The lowest BCUT2D eigenvalue weighted by Crippen LogP contribution is -2.47. The van der Waals surface area contributed by atoms with Crippen LogP contribution in [0.15, 0.2) is 60.8 Å². The molecule has 1 saturated heterocycles. The van der Waals surface area contributed by atoms with Crippen LogP contribution in [0.2, 0.25) is 0 Å². The number of hydrogen-bond acceptors (Lipinski definition) is 4. The van der Waals surface area contributed by atoms with E-state index in [9.17, 15) is 9.18 Å². The number of aromatic nitrogens is 2. The normalized spacial score (nSPS) is 14.8. The summed E-state index contributed by atoms with van der Waals surface area (Å²) in [6.07, 6.45) is 2.63. The maximum atomic E-state index is 14.0. The number of para-hydroxylation sites is 1. The molecule has 0 spiro atoms. The highest BCUT2D eigenvalue weighted by molar-refractivity contribution is 6.07. The van der Waals surface area contributed by atoms with Gasteiger partial charge in [0.05, 0.1) is 16.7 Å². The van der Waals surface area contributed by atoms with Crippen molar-refractivity contribution in [1.82, 2.24) is 20.2 Å². The Morgan fingerprint density at radius 2 is 1.84 bits per heavy atom. The van der Waals surface area contributed by atoms with E-state index >= 15 is 0 Å². The molecule has 5 rings (SSSR count). The van der Waals surface area contributed by atoms with Crippen LogP contribution in [0.4, 0.5) is 10.1 Å². The Labute approximate surface area is 186 Å². The minimum absolute atomic E-state index is 0.102. The summed E-state index contributed by atoms with van der Waals surface area (Å²) >= 11 is 0. The molecule has 0 radical (unpaired) electrons. The van der Waals surface area contributed by atoms with Crippen molar-refractivity contribution in [3.8, 4) is 0 Å². The van der Waals surface area contributed by atoms with Crippen LogP contribution in [0.3, 0.4) is 0 Å². The molecule has 4 aromatic rings. The number of anilines is 1. The highest BCUT2D eigenvalue weighted by Crippen LogP contribution is 2.24. The van der Waals surface area contributed by atoms with Crippen LogP contribution in [-0.4, -0.2) is 60.0 Å². The molecule has 1 aliphatic rings. The number of carbonyl (C=O) groups excluding carboxylic acids is 1. The van der Waals surface area contributed by atoms with E-state index in [2.05, 4.69) is 25.1 Å². The van der Waals surface area contributed by atoms with Crippen molar-refractivity contribution in [2.75, 3.05) is 44.2 Å². The summed E-state index contributed by atoms with van der Waals surface area (Å²) in [5, 5.41) is 5.04. The highest BCUT2D eigenvalue weighted by atomic mass is 19.1. The summed E-state index contributed by atoms with van der Waals surface area (Å²) in [6.45, 7) is 4.93. The van der Waals surface area contributed by atoms with Crippen molar-refractivity contribution in [1.29, 1.82) is 0 Å². The lowest BCUT2D eigenvalue weighted by molar-refractivity contribution is 0.0947. The molecule has 164 valence electrons. The third-order valence-corrected chi connectivity index (χ3v) is 6.11. The van der Waals surface area contributed by atoms with Crippen LogP contribution >= 0.6 is 0 Å². The van der Waals surface area contributed by atoms with Crippen molar-refractivity contribution in [3.63, 3.8) is 0 Å². The van der Waals surface area contributed by atoms with E-state index in [1.165, 1.54) is 6.07 Å². The summed E-state index contributed by atoms with van der Waals surface area (Å²) in [5.41, 5.74) is 3.00. The van der Waals surface area contributed by atoms with Gasteiger partial charge in [0.15, 0.2) is 0 Å². The monoisotopic (exact) mass is 431 g/mol. The van der Waals surface area contributed by atoms with Crippen molar-refractivity contribution in [2.45, 2.75) is 6.42 Å². The molecule has 2 N–H and O–H groups in total. The predicted octanol–water partition coefficient (Wildman–Crippen LogP) is 3.80. The van der Waals surface area contributed by atoms with Gasteiger partial charge in [-0.25, -0.2) is 4.39 Å². The molecular weight excluding hydrogens is 405 g/mol. The molecule has 0 saturated carbocycles. The average molecular weight is 432 g/mol. The first-order chi connectivity index (χ1) is 15.7. The molecule has 1 aliphatic heterocycles. The number of aromatic amines is 1. The van der Waals surface area contributed by atoms with Gasteiger partial charge in [-0.05, 0) is 37.2 Å². The first kappa shape index (κ1) is 20.5. The largest absolute Gasteiger partial charge is 0.367 e. The summed E-state index contributed by atoms with van der Waals surface area (Å²) in [6, 6.07) is 16.8. The van der Waals surface area contributed by atoms with E-state index in [0.29, 0.717) is 17.9 Å². The van der Waals surface area contributed by atoms with Crippen LogP contribution in [0, 0.1) is 5.82 Å². The van der Waals surface area contributed by atoms with E-state index in [-0.39, 0.29) is 11.7 Å². The van der Waals surface area contributed by atoms with Crippen LogP contribution in [-0.2, 0) is 0 Å². The lowest BCUT2D eigenvalue weighted by atomic mass is 10.1. The first-order valence-corrected chi connectivity index (χ1v) is 11.1. The van der Waals surface area contributed by atoms with E-state index in [1.807, 2.05) is 42.5 Å². The number of hydrogen-bond donors (Lipinski definition) is 2. The molecule has 1 fully saturated rings. The number of piperazine rings is 1. The topological polar surface area (TPSA) is 64.3 Å². The second-order valence-corrected chi connectivity index (χ2v) is 8.18. The number of rotatable bonds is 6. The number of fused-ring (bicyclic) bond motifs is 3. The van der Waals surface area contributed by atoms with Gasteiger partial charge in [-0.2, -0.15) is 0 Å². The number of carbonyl (C=O) groups is 1. The van der Waals surface area contributed by atoms with E-state index in [0.717, 1.165) is 61.0 Å². The Kier molecular flexibility index (Phi) is 5.73. The molecule has 2 aromatic carbocycles. The zero-order valence-corrected chi connectivity index (χ0v) is 17.9. The van der Waals surface area contributed by atoms with Gasteiger partial charge in [-0.3, -0.25) is 14.7 Å². The Morgan fingerprint density at radius 3 is 2.69 bits per heavy atom. The number of nitrogens with zero attached hydrogens (tertiary/aromatic N) is 3. The van der Waals surface area contributed by atoms with Gasteiger partial charge < -0.3 is 15.2 Å². The fourth-order valence-corrected chi connectivity index (χ4v) is 4.38. The van der Waals surface area contributed by atoms with Crippen molar-refractivity contribution in [3.05, 3.63) is 72.3 Å². The fraction of sp³-hybridized carbons (Fsp3) is 0.280. The quantitative estimate of drug-likeness (QED) is 0.456. The number of halogens is 1. The van der Waals surface area contributed by atoms with E-state index in [1.54, 1.807) is 12.3 Å². The fourth-order valence-electron chi connectivity index (χ4n) is 4.38. The summed E-state index contributed by atoms with van der Waals surface area (Å²) in [5.74, 6) is -0.265. The van der Waals surface area contributed by atoms with Crippen LogP contribution < -0.4 is 10.2 Å². The standard InChI is InChI=1S/C25H26FN5O/c26-20-6-1-2-7-22(20)31-15-13-30(14-16-31)12-4-11-28-25(32)21-17-19-9-8-18-5-3-10-27-23(18)24(19)29-21/h1-3,5-10,17,29H,4,11-16H2,(H,28,32). The molecule has 7 heteroatoms. The van der Waals surface area contributed by atoms with Crippen LogP contribution in [0.25, 0.3) is 21.8 Å². The number of amides is 1. The van der Waals surface area contributed by atoms with Crippen molar-refractivity contribution >= 4 is 33.4 Å². The van der Waals surface area contributed by atoms with E-state index in [4.69, 9.17) is 0 Å². The molecule has 32 heavy (non-hydrogen) atoms. The molecule has 6 nitrogen and oxygen atoms in total. The van der Waals surface area contributed by atoms with Gasteiger partial charge in [-0.1, -0.05) is 30.3 Å². The Morgan fingerprint density at radius 1 is 1.03 bits per heavy atom. The van der Waals surface area contributed by atoms with Gasteiger partial charge in [0.25, 0.3) is 5.91 Å². The number of H-pyrrole nitrogens is 1. The zero-order valence-electron chi connectivity index (χ0n) is 17.9. The van der Waals surface area contributed by atoms with Gasteiger partial charge >= 0.3 is 0 Å². The second-order valence-electron chi connectivity index (χ2n) is 8.18. The third-order valence-electron chi connectivity index (χ3n) is 6.11. The highest BCUT2D eigenvalue weighted by Gasteiger charge is 2.19. The maximum Gasteiger partial charge on any atom is 0.267 e. The molecule has 0 unspecified atom stereocenters. The molecule has 0 bridgehead atoms. The summed E-state index contributed by atoms with van der Waals surface area (Å²) in [4.78, 5) is 24.8. The Hall–Kier alpha value is -3.45. The first-order valence-electron chi connectivity index (χ1n) is 11.1. The van der Waals surface area contributed by atoms with Crippen LogP contribution in [0.5, 0.6) is 0 Å². The second kappa shape index (κ2) is 8.96. The maximum absolute atomic E-state index is 14.0. The smallest absolute Gasteiger partial charge is 0.267 e. The number of pyridine rings is 1. The predicted molar refractivity (Wildman–Crippen MR) is 126 cm³/mol. The van der Waals surface area contributed by atoms with Gasteiger partial charge in [0.1, 0.15) is 11.5 Å². The molecule has 3 heterocycles. The number of benzene rings is 2. The van der Waals surface area contributed by atoms with Crippen LogP contribution in [0.1, 0.15) is 16.9 Å². The molecular formula is C25H26FN5O. The van der Waals surface area contributed by atoms with E-state index < -0.39 is 0 Å². The Balaban J connectivity index is 1.10. The number of nitrogens with one attached hydrogen (secondary N) is 2. The molecule has 0 atom stereocenters. The zero-order chi connectivity index (χ0) is 21.9. The molecule has 0 aliphatic carbocycles. The van der Waals surface area contributed by atoms with Gasteiger partial charge in [0, 0.05) is 49.7 Å². The van der Waals surface area contributed by atoms with Crippen molar-refractivity contribution in [2.24, 2.45) is 0 Å².